The van der Waals surface area contributed by atoms with Gasteiger partial charge < -0.3 is 10.2 Å². The highest BCUT2D eigenvalue weighted by atomic mass is 32.1. The highest BCUT2D eigenvalue weighted by Gasteiger charge is 2.26. The molecule has 5 nitrogen and oxygen atoms in total. The standard InChI is InChI=1S/C18H17FN4OS/c19-13-5-3-12(4-6-13)15-10-17(22-21-15)23-8-7-14(11-23)20-18(24)16-2-1-9-25-16/h1-6,9-10,14H,7-8,11H2,(H,20,24)(H,21,22). The molecule has 3 aromatic rings. The Bertz CT molecular complexity index is 860. The Balaban J connectivity index is 1.40. The van der Waals surface area contributed by atoms with E-state index in [0.29, 0.717) is 0 Å². The highest BCUT2D eigenvalue weighted by molar-refractivity contribution is 7.12. The third-order valence-corrected chi connectivity index (χ3v) is 5.18. The van der Waals surface area contributed by atoms with Gasteiger partial charge in [0, 0.05) is 25.2 Å². The van der Waals surface area contributed by atoms with Crippen molar-refractivity contribution in [1.82, 2.24) is 15.5 Å². The summed E-state index contributed by atoms with van der Waals surface area (Å²) < 4.78 is 13.0. The number of carbonyl (C=O) groups excluding carboxylic acids is 1. The average molecular weight is 356 g/mol. The summed E-state index contributed by atoms with van der Waals surface area (Å²) in [6.45, 7) is 1.56. The molecule has 128 valence electrons. The highest BCUT2D eigenvalue weighted by Crippen LogP contribution is 2.24. The molecule has 3 heterocycles. The van der Waals surface area contributed by atoms with Crippen LogP contribution in [-0.2, 0) is 0 Å². The molecule has 0 aliphatic carbocycles. The first kappa shape index (κ1) is 15.8. The summed E-state index contributed by atoms with van der Waals surface area (Å²) in [5.74, 6) is 0.565. The molecule has 0 radical (unpaired) electrons. The molecule has 1 atom stereocenters. The number of aromatic amines is 1. The quantitative estimate of drug-likeness (QED) is 0.754. The topological polar surface area (TPSA) is 61.0 Å². The van der Waals surface area contributed by atoms with Gasteiger partial charge in [0.05, 0.1) is 10.6 Å². The van der Waals surface area contributed by atoms with Gasteiger partial charge in [-0.05, 0) is 47.7 Å². The molecule has 0 bridgehead atoms. The SMILES string of the molecule is O=C(NC1CCN(c2cc(-c3ccc(F)cc3)[nH]n2)C1)c1cccs1. The van der Waals surface area contributed by atoms with Gasteiger partial charge in [-0.1, -0.05) is 6.07 Å². The van der Waals surface area contributed by atoms with Crippen LogP contribution in [0.5, 0.6) is 0 Å². The normalized spacial score (nSPS) is 17.0. The number of amides is 1. The Morgan fingerprint density at radius 2 is 2.16 bits per heavy atom. The third kappa shape index (κ3) is 3.41. The molecule has 4 rings (SSSR count). The van der Waals surface area contributed by atoms with Crippen LogP contribution in [0.3, 0.4) is 0 Å². The Kier molecular flexibility index (Phi) is 4.23. The van der Waals surface area contributed by atoms with Gasteiger partial charge in [0.1, 0.15) is 5.82 Å². The van der Waals surface area contributed by atoms with Gasteiger partial charge in [-0.25, -0.2) is 4.39 Å². The Morgan fingerprint density at radius 1 is 1.32 bits per heavy atom. The van der Waals surface area contributed by atoms with Crippen molar-refractivity contribution in [2.75, 3.05) is 18.0 Å². The lowest BCUT2D eigenvalue weighted by atomic mass is 10.1. The van der Waals surface area contributed by atoms with Crippen LogP contribution in [-0.4, -0.2) is 35.2 Å². The van der Waals surface area contributed by atoms with Crippen LogP contribution in [0.4, 0.5) is 10.2 Å². The fourth-order valence-corrected chi connectivity index (χ4v) is 3.63. The lowest BCUT2D eigenvalue weighted by Crippen LogP contribution is -2.36. The predicted molar refractivity (Wildman–Crippen MR) is 96.4 cm³/mol. The minimum atomic E-state index is -0.257. The summed E-state index contributed by atoms with van der Waals surface area (Å²) in [5, 5.41) is 12.3. The molecule has 7 heteroatoms. The van der Waals surface area contributed by atoms with Crippen LogP contribution in [0.15, 0.2) is 47.8 Å². The number of H-pyrrole nitrogens is 1. The molecule has 1 saturated heterocycles. The van der Waals surface area contributed by atoms with Gasteiger partial charge in [0.15, 0.2) is 5.82 Å². The molecule has 2 aromatic heterocycles. The second kappa shape index (κ2) is 6.68. The van der Waals surface area contributed by atoms with Gasteiger partial charge in [-0.3, -0.25) is 9.89 Å². The van der Waals surface area contributed by atoms with Crippen molar-refractivity contribution < 1.29 is 9.18 Å². The second-order valence-corrected chi connectivity index (χ2v) is 6.98. The monoisotopic (exact) mass is 356 g/mol. The van der Waals surface area contributed by atoms with Crippen molar-refractivity contribution in [1.29, 1.82) is 0 Å². The summed E-state index contributed by atoms with van der Waals surface area (Å²) in [5.41, 5.74) is 1.74. The minimum Gasteiger partial charge on any atom is -0.353 e. The van der Waals surface area contributed by atoms with Crippen LogP contribution in [0.1, 0.15) is 16.1 Å². The van der Waals surface area contributed by atoms with Crippen LogP contribution in [0, 0.1) is 5.82 Å². The third-order valence-electron chi connectivity index (χ3n) is 4.31. The molecule has 1 fully saturated rings. The molecule has 25 heavy (non-hydrogen) atoms. The zero-order valence-electron chi connectivity index (χ0n) is 13.4. The van der Waals surface area contributed by atoms with Crippen molar-refractivity contribution in [3.05, 3.63) is 58.5 Å². The smallest absolute Gasteiger partial charge is 0.261 e. The lowest BCUT2D eigenvalue weighted by Gasteiger charge is -2.15. The van der Waals surface area contributed by atoms with E-state index in [9.17, 15) is 9.18 Å². The van der Waals surface area contributed by atoms with E-state index < -0.39 is 0 Å². The van der Waals surface area contributed by atoms with E-state index in [1.165, 1.54) is 23.5 Å². The summed E-state index contributed by atoms with van der Waals surface area (Å²) in [7, 11) is 0. The molecule has 1 amide bonds. The van der Waals surface area contributed by atoms with E-state index >= 15 is 0 Å². The molecule has 1 unspecified atom stereocenters. The maximum absolute atomic E-state index is 13.0. The van der Waals surface area contributed by atoms with Crippen molar-refractivity contribution in [2.45, 2.75) is 12.5 Å². The fourth-order valence-electron chi connectivity index (χ4n) is 3.00. The number of benzene rings is 1. The van der Waals surface area contributed by atoms with Gasteiger partial charge in [-0.15, -0.1) is 11.3 Å². The van der Waals surface area contributed by atoms with Gasteiger partial charge in [0.25, 0.3) is 5.91 Å². The van der Waals surface area contributed by atoms with E-state index in [-0.39, 0.29) is 17.8 Å². The van der Waals surface area contributed by atoms with E-state index in [4.69, 9.17) is 0 Å². The van der Waals surface area contributed by atoms with Crippen LogP contribution in [0.2, 0.25) is 0 Å². The molecular formula is C18H17FN4OS. The first-order valence-corrected chi connectivity index (χ1v) is 8.98. The van der Waals surface area contributed by atoms with Crippen molar-refractivity contribution in [3.8, 4) is 11.3 Å². The first-order valence-electron chi connectivity index (χ1n) is 8.10. The number of hydrogen-bond donors (Lipinski definition) is 2. The number of nitrogens with one attached hydrogen (secondary N) is 2. The molecule has 1 aromatic carbocycles. The fraction of sp³-hybridized carbons (Fsp3) is 0.222. The summed E-state index contributed by atoms with van der Waals surface area (Å²) in [6, 6.07) is 12.1. The summed E-state index contributed by atoms with van der Waals surface area (Å²) >= 11 is 1.44. The summed E-state index contributed by atoms with van der Waals surface area (Å²) in [4.78, 5) is 15.0. The number of carbonyl (C=O) groups is 1. The maximum Gasteiger partial charge on any atom is 0.261 e. The van der Waals surface area contributed by atoms with E-state index in [1.807, 2.05) is 23.6 Å². The van der Waals surface area contributed by atoms with Gasteiger partial charge in [0.2, 0.25) is 0 Å². The Hall–Kier alpha value is -2.67. The Morgan fingerprint density at radius 3 is 2.92 bits per heavy atom. The number of aromatic nitrogens is 2. The molecular weight excluding hydrogens is 339 g/mol. The number of hydrogen-bond acceptors (Lipinski definition) is 4. The number of nitrogens with zero attached hydrogens (tertiary/aromatic N) is 2. The largest absolute Gasteiger partial charge is 0.353 e. The molecule has 0 saturated carbocycles. The molecule has 1 aliphatic heterocycles. The molecule has 1 aliphatic rings. The van der Waals surface area contributed by atoms with Crippen LogP contribution < -0.4 is 10.2 Å². The molecule has 2 N–H and O–H groups in total. The first-order chi connectivity index (χ1) is 12.2. The number of thiophene rings is 1. The van der Waals surface area contributed by atoms with Gasteiger partial charge in [-0.2, -0.15) is 5.10 Å². The number of halogens is 1. The average Bonchev–Trinajstić information content (AvgIpc) is 3.36. The summed E-state index contributed by atoms with van der Waals surface area (Å²) in [6.07, 6.45) is 0.885. The zero-order valence-corrected chi connectivity index (χ0v) is 14.2. The molecule has 0 spiro atoms. The van der Waals surface area contributed by atoms with Crippen molar-refractivity contribution in [2.24, 2.45) is 0 Å². The number of anilines is 1. The van der Waals surface area contributed by atoms with Crippen LogP contribution in [0.25, 0.3) is 11.3 Å². The second-order valence-electron chi connectivity index (χ2n) is 6.03. The predicted octanol–water partition coefficient (Wildman–Crippen LogP) is 3.29. The maximum atomic E-state index is 13.0. The van der Waals surface area contributed by atoms with E-state index in [0.717, 1.165) is 41.5 Å². The van der Waals surface area contributed by atoms with E-state index in [2.05, 4.69) is 20.4 Å². The number of rotatable bonds is 4. The Labute approximate surface area is 148 Å². The lowest BCUT2D eigenvalue weighted by molar-refractivity contribution is 0.0944. The van der Waals surface area contributed by atoms with Crippen molar-refractivity contribution in [3.63, 3.8) is 0 Å². The van der Waals surface area contributed by atoms with Crippen molar-refractivity contribution >= 4 is 23.1 Å². The zero-order chi connectivity index (χ0) is 17.2. The van der Waals surface area contributed by atoms with Gasteiger partial charge >= 0.3 is 0 Å². The van der Waals surface area contributed by atoms with E-state index in [1.54, 1.807) is 12.1 Å². The minimum absolute atomic E-state index is 0.0177. The van der Waals surface area contributed by atoms with Crippen LogP contribution >= 0.6 is 11.3 Å².